The highest BCUT2D eigenvalue weighted by molar-refractivity contribution is 9.10. The Balaban J connectivity index is 1.47. The van der Waals surface area contributed by atoms with Gasteiger partial charge in [-0.05, 0) is 57.4 Å². The third kappa shape index (κ3) is 6.00. The third-order valence-corrected chi connectivity index (χ3v) is 8.51. The second-order valence-electron chi connectivity index (χ2n) is 10.2. The van der Waals surface area contributed by atoms with Crippen LogP contribution in [-0.2, 0) is 0 Å². The smallest absolute Gasteiger partial charge is 0.410 e. The molecule has 220 valence electrons. The summed E-state index contributed by atoms with van der Waals surface area (Å²) in [5, 5.41) is 23.1. The summed E-state index contributed by atoms with van der Waals surface area (Å²) < 4.78 is 49.1. The van der Waals surface area contributed by atoms with E-state index in [9.17, 15) is 28.1 Å². The highest BCUT2D eigenvalue weighted by atomic mass is 79.9. The summed E-state index contributed by atoms with van der Waals surface area (Å²) in [7, 11) is 0. The number of fused-ring (bicyclic) bond motifs is 1. The Morgan fingerprint density at radius 1 is 1.26 bits per heavy atom. The molecule has 0 radical (unpaired) electrons. The van der Waals surface area contributed by atoms with E-state index < -0.39 is 29.1 Å². The maximum absolute atomic E-state index is 14.1. The molecule has 1 aliphatic rings. The SMILES string of the molecule is Cc1ccc(C(C)C)c(Oc2cc(NC(=O)c3nn4c(c3Br)N[C@@H](c3cccs3)C[C@H]4C(F)(F)F)cc([N+](=O)[O-])c2)c1. The highest BCUT2D eigenvalue weighted by Gasteiger charge is 2.48. The number of rotatable bonds is 7. The zero-order valence-electron chi connectivity index (χ0n) is 22.5. The van der Waals surface area contributed by atoms with Crippen molar-refractivity contribution in [2.75, 3.05) is 10.6 Å². The molecule has 4 aromatic rings. The maximum atomic E-state index is 14.1. The molecule has 0 saturated heterocycles. The van der Waals surface area contributed by atoms with Crippen molar-refractivity contribution in [1.82, 2.24) is 9.78 Å². The van der Waals surface area contributed by atoms with Gasteiger partial charge in [0.05, 0.1) is 27.2 Å². The van der Waals surface area contributed by atoms with Gasteiger partial charge in [0.1, 0.15) is 17.3 Å². The minimum Gasteiger partial charge on any atom is -0.457 e. The van der Waals surface area contributed by atoms with Crippen LogP contribution >= 0.6 is 27.3 Å². The van der Waals surface area contributed by atoms with E-state index in [1.165, 1.54) is 23.5 Å². The molecule has 0 fully saturated rings. The number of benzene rings is 2. The normalized spacial score (nSPS) is 16.6. The number of nitro benzene ring substituents is 1. The van der Waals surface area contributed by atoms with Crippen LogP contribution in [0.3, 0.4) is 0 Å². The predicted molar refractivity (Wildman–Crippen MR) is 157 cm³/mol. The summed E-state index contributed by atoms with van der Waals surface area (Å²) in [6.07, 6.45) is -4.93. The lowest BCUT2D eigenvalue weighted by atomic mass is 10.0. The standard InChI is InChI=1S/C28H25BrF3N5O4S/c1-14(2)19-7-6-15(3)9-21(19)41-18-11-16(10-17(12-18)37(39)40)33-27(38)25-24(29)26-34-20(22-5-4-8-42-22)13-23(28(30,31)32)36(26)35-25/h4-12,14,20,23,34H,13H2,1-3H3,(H,33,38)/t20-,23+/m1/s1. The molecule has 2 aromatic heterocycles. The Hall–Kier alpha value is -3.91. The molecule has 0 saturated carbocycles. The van der Waals surface area contributed by atoms with Crippen LogP contribution in [0, 0.1) is 17.0 Å². The number of carbonyl (C=O) groups is 1. The van der Waals surface area contributed by atoms with E-state index >= 15 is 0 Å². The van der Waals surface area contributed by atoms with Crippen molar-refractivity contribution < 1.29 is 27.6 Å². The number of nitro groups is 1. The van der Waals surface area contributed by atoms with Gasteiger partial charge in [-0.15, -0.1) is 11.3 Å². The molecule has 2 aromatic carbocycles. The molecule has 0 unspecified atom stereocenters. The van der Waals surface area contributed by atoms with Crippen LogP contribution in [-0.4, -0.2) is 26.8 Å². The molecule has 14 heteroatoms. The third-order valence-electron chi connectivity index (χ3n) is 6.78. The lowest BCUT2D eigenvalue weighted by molar-refractivity contribution is -0.384. The molecule has 0 bridgehead atoms. The number of halogens is 4. The fourth-order valence-electron chi connectivity index (χ4n) is 4.75. The van der Waals surface area contributed by atoms with Crippen LogP contribution in [0.1, 0.15) is 64.8 Å². The number of aryl methyl sites for hydroxylation is 1. The van der Waals surface area contributed by atoms with Crippen LogP contribution in [0.2, 0.25) is 0 Å². The lowest BCUT2D eigenvalue weighted by Gasteiger charge is -2.33. The Labute approximate surface area is 251 Å². The van der Waals surface area contributed by atoms with Gasteiger partial charge in [0, 0.05) is 23.4 Å². The zero-order chi connectivity index (χ0) is 30.3. The van der Waals surface area contributed by atoms with Gasteiger partial charge in [-0.25, -0.2) is 4.68 Å². The first-order chi connectivity index (χ1) is 19.8. The van der Waals surface area contributed by atoms with E-state index in [4.69, 9.17) is 4.74 Å². The summed E-state index contributed by atoms with van der Waals surface area (Å²) in [6, 6.07) is 10.3. The fraction of sp³-hybridized carbons (Fsp3) is 0.286. The number of hydrogen-bond acceptors (Lipinski definition) is 7. The summed E-state index contributed by atoms with van der Waals surface area (Å²) in [5.74, 6) is -0.124. The van der Waals surface area contributed by atoms with E-state index in [1.807, 2.05) is 39.0 Å². The Morgan fingerprint density at radius 2 is 2.02 bits per heavy atom. The van der Waals surface area contributed by atoms with Crippen LogP contribution in [0.15, 0.2) is 58.4 Å². The number of ether oxygens (including phenoxy) is 1. The number of hydrogen-bond donors (Lipinski definition) is 2. The summed E-state index contributed by atoms with van der Waals surface area (Å²) in [6.45, 7) is 5.86. The number of thiophene rings is 1. The molecule has 1 amide bonds. The maximum Gasteiger partial charge on any atom is 0.410 e. The molecule has 42 heavy (non-hydrogen) atoms. The van der Waals surface area contributed by atoms with Crippen molar-refractivity contribution in [2.45, 2.75) is 51.4 Å². The van der Waals surface area contributed by atoms with E-state index in [-0.39, 0.29) is 45.4 Å². The Morgan fingerprint density at radius 3 is 2.67 bits per heavy atom. The van der Waals surface area contributed by atoms with E-state index in [1.54, 1.807) is 17.5 Å². The molecule has 3 heterocycles. The van der Waals surface area contributed by atoms with Crippen LogP contribution in [0.4, 0.5) is 30.4 Å². The Bertz CT molecular complexity index is 1660. The van der Waals surface area contributed by atoms with E-state index in [0.717, 1.165) is 21.9 Å². The minimum absolute atomic E-state index is 0.0100. The first-order valence-electron chi connectivity index (χ1n) is 12.9. The van der Waals surface area contributed by atoms with Gasteiger partial charge in [0.15, 0.2) is 11.7 Å². The molecule has 9 nitrogen and oxygen atoms in total. The van der Waals surface area contributed by atoms with Gasteiger partial charge < -0.3 is 15.4 Å². The number of anilines is 2. The summed E-state index contributed by atoms with van der Waals surface area (Å²) in [5.41, 5.74) is 1.17. The average Bonchev–Trinajstić information content (AvgIpc) is 3.56. The van der Waals surface area contributed by atoms with Gasteiger partial charge in [0.25, 0.3) is 11.6 Å². The largest absolute Gasteiger partial charge is 0.457 e. The van der Waals surface area contributed by atoms with Gasteiger partial charge in [-0.3, -0.25) is 14.9 Å². The number of amides is 1. The fourth-order valence-corrected chi connectivity index (χ4v) is 6.10. The zero-order valence-corrected chi connectivity index (χ0v) is 24.9. The van der Waals surface area contributed by atoms with Gasteiger partial charge in [-0.2, -0.15) is 18.3 Å². The number of aromatic nitrogens is 2. The van der Waals surface area contributed by atoms with Crippen molar-refractivity contribution in [3.63, 3.8) is 0 Å². The summed E-state index contributed by atoms with van der Waals surface area (Å²) >= 11 is 4.58. The second kappa shape index (κ2) is 11.4. The molecule has 2 atom stereocenters. The molecule has 2 N–H and O–H groups in total. The van der Waals surface area contributed by atoms with Crippen LogP contribution in [0.25, 0.3) is 0 Å². The predicted octanol–water partition coefficient (Wildman–Crippen LogP) is 8.75. The summed E-state index contributed by atoms with van der Waals surface area (Å²) in [4.78, 5) is 25.1. The topological polar surface area (TPSA) is 111 Å². The van der Waals surface area contributed by atoms with Crippen LogP contribution < -0.4 is 15.4 Å². The molecular formula is C28H25BrF3N5O4S. The van der Waals surface area contributed by atoms with Crippen molar-refractivity contribution in [3.05, 3.63) is 90.2 Å². The van der Waals surface area contributed by atoms with Crippen molar-refractivity contribution in [2.24, 2.45) is 0 Å². The number of alkyl halides is 3. The molecule has 1 aliphatic heterocycles. The Kier molecular flexibility index (Phi) is 8.03. The average molecular weight is 665 g/mol. The van der Waals surface area contributed by atoms with Crippen molar-refractivity contribution in [1.29, 1.82) is 0 Å². The van der Waals surface area contributed by atoms with E-state index in [0.29, 0.717) is 10.6 Å². The van der Waals surface area contributed by atoms with E-state index in [2.05, 4.69) is 31.7 Å². The number of non-ortho nitro benzene ring substituents is 1. The molecule has 5 rings (SSSR count). The number of nitrogens with zero attached hydrogens (tertiary/aromatic N) is 3. The number of nitrogens with one attached hydrogen (secondary N) is 2. The number of carbonyl (C=O) groups excluding carboxylic acids is 1. The van der Waals surface area contributed by atoms with Crippen molar-refractivity contribution in [3.8, 4) is 11.5 Å². The first-order valence-corrected chi connectivity index (χ1v) is 14.5. The monoisotopic (exact) mass is 663 g/mol. The molecular weight excluding hydrogens is 639 g/mol. The van der Waals surface area contributed by atoms with Gasteiger partial charge >= 0.3 is 6.18 Å². The van der Waals surface area contributed by atoms with Crippen molar-refractivity contribution >= 4 is 50.4 Å². The molecule has 0 aliphatic carbocycles. The molecule has 0 spiro atoms. The quantitative estimate of drug-likeness (QED) is 0.151. The van der Waals surface area contributed by atoms with Gasteiger partial charge in [-0.1, -0.05) is 32.0 Å². The first kappa shape index (κ1) is 29.6. The highest BCUT2D eigenvalue weighted by Crippen LogP contribution is 2.47. The lowest BCUT2D eigenvalue weighted by Crippen LogP contribution is -2.35. The second-order valence-corrected chi connectivity index (χ2v) is 12.0. The van der Waals surface area contributed by atoms with Gasteiger partial charge in [0.2, 0.25) is 0 Å². The minimum atomic E-state index is -4.62. The van der Waals surface area contributed by atoms with Crippen LogP contribution in [0.5, 0.6) is 11.5 Å².